The number of imide groups is 1. The van der Waals surface area contributed by atoms with Crippen molar-refractivity contribution >= 4 is 46.4 Å². The maximum Gasteiger partial charge on any atom is 0.283 e. The molecule has 4 nitrogen and oxygen atoms in total. The summed E-state index contributed by atoms with van der Waals surface area (Å²) in [6.45, 7) is 0. The number of anilines is 2. The Bertz CT molecular complexity index is 882. The van der Waals surface area contributed by atoms with E-state index < -0.39 is 23.4 Å². The molecule has 0 saturated carbocycles. The first-order valence-electron chi connectivity index (χ1n) is 6.64. The van der Waals surface area contributed by atoms with Gasteiger partial charge in [0.05, 0.1) is 10.7 Å². The van der Waals surface area contributed by atoms with Crippen LogP contribution in [0.4, 0.5) is 20.2 Å². The van der Waals surface area contributed by atoms with E-state index in [2.05, 4.69) is 5.32 Å². The van der Waals surface area contributed by atoms with Gasteiger partial charge in [0.1, 0.15) is 22.4 Å². The van der Waals surface area contributed by atoms with E-state index in [-0.39, 0.29) is 21.4 Å². The molecule has 2 amide bonds. The van der Waals surface area contributed by atoms with Crippen molar-refractivity contribution in [2.75, 3.05) is 10.2 Å². The second kappa shape index (κ2) is 6.22. The van der Waals surface area contributed by atoms with Gasteiger partial charge in [-0.05, 0) is 42.5 Å². The molecule has 0 bridgehead atoms. The SMILES string of the molecule is O=C1C(Cl)=C(Nc2ccc(F)cc2)C(=O)N1c1ccc(F)c(Cl)c1. The first kappa shape index (κ1) is 16.4. The highest BCUT2D eigenvalue weighted by Crippen LogP contribution is 2.32. The summed E-state index contributed by atoms with van der Waals surface area (Å²) in [5, 5.41) is 2.12. The fourth-order valence-corrected chi connectivity index (χ4v) is 2.53. The van der Waals surface area contributed by atoms with Gasteiger partial charge in [-0.15, -0.1) is 0 Å². The summed E-state index contributed by atoms with van der Waals surface area (Å²) in [6.07, 6.45) is 0. The monoisotopic (exact) mass is 368 g/mol. The molecule has 0 unspecified atom stereocenters. The van der Waals surface area contributed by atoms with Gasteiger partial charge in [0.15, 0.2) is 0 Å². The molecule has 0 saturated heterocycles. The third-order valence-corrected chi connectivity index (χ3v) is 3.94. The molecule has 0 radical (unpaired) electrons. The van der Waals surface area contributed by atoms with Crippen molar-refractivity contribution in [3.05, 3.63) is 69.9 Å². The Hall–Kier alpha value is -2.44. The summed E-state index contributed by atoms with van der Waals surface area (Å²) in [5.41, 5.74) is 0.309. The fraction of sp³-hybridized carbons (Fsp3) is 0. The molecule has 1 aliphatic rings. The third-order valence-electron chi connectivity index (χ3n) is 3.30. The Morgan fingerprint density at radius 1 is 0.917 bits per heavy atom. The average Bonchev–Trinajstić information content (AvgIpc) is 2.76. The van der Waals surface area contributed by atoms with Crippen molar-refractivity contribution < 1.29 is 18.4 Å². The topological polar surface area (TPSA) is 49.4 Å². The lowest BCUT2D eigenvalue weighted by Crippen LogP contribution is -2.32. The molecular weight excluding hydrogens is 361 g/mol. The van der Waals surface area contributed by atoms with E-state index in [4.69, 9.17) is 23.2 Å². The zero-order valence-corrected chi connectivity index (χ0v) is 13.3. The standard InChI is InChI=1S/C16H8Cl2F2N2O2/c17-11-7-10(5-6-12(11)20)22-15(23)13(18)14(16(22)24)21-9-3-1-8(19)2-4-9/h1-7,21H. The predicted octanol–water partition coefficient (Wildman–Crippen LogP) is 4.05. The Morgan fingerprint density at radius 2 is 1.58 bits per heavy atom. The zero-order valence-electron chi connectivity index (χ0n) is 11.8. The smallest absolute Gasteiger partial charge is 0.283 e. The average molecular weight is 369 g/mol. The minimum absolute atomic E-state index is 0.0884. The summed E-state index contributed by atoms with van der Waals surface area (Å²) < 4.78 is 26.2. The maximum atomic E-state index is 13.3. The van der Waals surface area contributed by atoms with Crippen molar-refractivity contribution in [1.29, 1.82) is 0 Å². The largest absolute Gasteiger partial charge is 0.350 e. The van der Waals surface area contributed by atoms with E-state index in [0.29, 0.717) is 5.69 Å². The minimum Gasteiger partial charge on any atom is -0.350 e. The summed E-state index contributed by atoms with van der Waals surface area (Å²) in [5.74, 6) is -2.62. The van der Waals surface area contributed by atoms with Crippen LogP contribution in [0.5, 0.6) is 0 Å². The second-order valence-corrected chi connectivity index (χ2v) is 5.65. The lowest BCUT2D eigenvalue weighted by molar-refractivity contribution is -0.120. The predicted molar refractivity (Wildman–Crippen MR) is 86.8 cm³/mol. The Balaban J connectivity index is 1.92. The van der Waals surface area contributed by atoms with Gasteiger partial charge in [0, 0.05) is 5.69 Å². The summed E-state index contributed by atoms with van der Waals surface area (Å²) in [7, 11) is 0. The normalized spacial score (nSPS) is 14.6. The molecule has 122 valence electrons. The Morgan fingerprint density at radius 3 is 2.21 bits per heavy atom. The molecule has 0 aromatic heterocycles. The van der Waals surface area contributed by atoms with Gasteiger partial charge < -0.3 is 5.32 Å². The molecule has 0 atom stereocenters. The van der Waals surface area contributed by atoms with E-state index >= 15 is 0 Å². The van der Waals surface area contributed by atoms with Crippen LogP contribution in [0.15, 0.2) is 53.2 Å². The quantitative estimate of drug-likeness (QED) is 0.831. The molecule has 0 aliphatic carbocycles. The lowest BCUT2D eigenvalue weighted by Gasteiger charge is -2.15. The van der Waals surface area contributed by atoms with Gasteiger partial charge >= 0.3 is 0 Å². The molecule has 8 heteroatoms. The first-order chi connectivity index (χ1) is 11.4. The minimum atomic E-state index is -0.769. The number of nitrogens with one attached hydrogen (secondary N) is 1. The van der Waals surface area contributed by atoms with Crippen molar-refractivity contribution in [1.82, 2.24) is 0 Å². The number of carbonyl (C=O) groups excluding carboxylic acids is 2. The highest BCUT2D eigenvalue weighted by Gasteiger charge is 2.39. The van der Waals surface area contributed by atoms with Crippen LogP contribution in [0.3, 0.4) is 0 Å². The molecule has 1 heterocycles. The molecular formula is C16H8Cl2F2N2O2. The van der Waals surface area contributed by atoms with Crippen LogP contribution in [0.2, 0.25) is 5.02 Å². The van der Waals surface area contributed by atoms with Crippen molar-refractivity contribution in [2.45, 2.75) is 0 Å². The zero-order chi connectivity index (χ0) is 17.4. The Kier molecular flexibility index (Phi) is 4.26. The van der Waals surface area contributed by atoms with Crippen molar-refractivity contribution in [2.24, 2.45) is 0 Å². The van der Waals surface area contributed by atoms with Gasteiger partial charge in [-0.1, -0.05) is 23.2 Å². The van der Waals surface area contributed by atoms with E-state index in [1.807, 2.05) is 0 Å². The summed E-state index contributed by atoms with van der Waals surface area (Å²) >= 11 is 11.6. The van der Waals surface area contributed by atoms with Gasteiger partial charge in [-0.25, -0.2) is 13.7 Å². The van der Waals surface area contributed by atoms with Gasteiger partial charge in [-0.2, -0.15) is 0 Å². The number of benzene rings is 2. The lowest BCUT2D eigenvalue weighted by atomic mass is 10.2. The first-order valence-corrected chi connectivity index (χ1v) is 7.40. The van der Waals surface area contributed by atoms with Gasteiger partial charge in [-0.3, -0.25) is 9.59 Å². The number of hydrogen-bond acceptors (Lipinski definition) is 3. The molecule has 2 aromatic rings. The van der Waals surface area contributed by atoms with Crippen molar-refractivity contribution in [3.8, 4) is 0 Å². The van der Waals surface area contributed by atoms with Crippen LogP contribution < -0.4 is 10.2 Å². The van der Waals surface area contributed by atoms with E-state index in [9.17, 15) is 18.4 Å². The van der Waals surface area contributed by atoms with Crippen LogP contribution in [0.25, 0.3) is 0 Å². The van der Waals surface area contributed by atoms with Crippen LogP contribution in [-0.4, -0.2) is 11.8 Å². The highest BCUT2D eigenvalue weighted by molar-refractivity contribution is 6.53. The molecule has 3 rings (SSSR count). The molecule has 0 spiro atoms. The van der Waals surface area contributed by atoms with Gasteiger partial charge in [0.25, 0.3) is 11.8 Å². The van der Waals surface area contributed by atoms with Crippen molar-refractivity contribution in [3.63, 3.8) is 0 Å². The second-order valence-electron chi connectivity index (χ2n) is 4.87. The van der Waals surface area contributed by atoms with Crippen LogP contribution >= 0.6 is 23.2 Å². The van der Waals surface area contributed by atoms with Crippen LogP contribution in [0.1, 0.15) is 0 Å². The number of halogens is 4. The van der Waals surface area contributed by atoms with E-state index in [1.165, 1.54) is 30.3 Å². The molecule has 0 fully saturated rings. The third kappa shape index (κ3) is 2.86. The number of hydrogen-bond donors (Lipinski definition) is 1. The molecule has 1 aliphatic heterocycles. The van der Waals surface area contributed by atoms with Crippen LogP contribution in [0, 0.1) is 11.6 Å². The number of nitrogens with zero attached hydrogens (tertiary/aromatic N) is 1. The van der Waals surface area contributed by atoms with E-state index in [0.717, 1.165) is 17.0 Å². The fourth-order valence-electron chi connectivity index (χ4n) is 2.15. The van der Waals surface area contributed by atoms with Crippen LogP contribution in [-0.2, 0) is 9.59 Å². The summed E-state index contributed by atoms with van der Waals surface area (Å²) in [4.78, 5) is 25.5. The summed E-state index contributed by atoms with van der Waals surface area (Å²) in [6, 6.07) is 8.59. The number of carbonyl (C=O) groups is 2. The number of amides is 2. The Labute approximate surface area is 145 Å². The molecule has 24 heavy (non-hydrogen) atoms. The highest BCUT2D eigenvalue weighted by atomic mass is 35.5. The van der Waals surface area contributed by atoms with E-state index in [1.54, 1.807) is 0 Å². The molecule has 2 aromatic carbocycles. The van der Waals surface area contributed by atoms with Gasteiger partial charge in [0.2, 0.25) is 0 Å². The maximum absolute atomic E-state index is 13.3. The molecule has 1 N–H and O–H groups in total. The number of rotatable bonds is 3.